The fourth-order valence-corrected chi connectivity index (χ4v) is 5.35. The lowest BCUT2D eigenvalue weighted by molar-refractivity contribution is -0.123. The second-order valence-electron chi connectivity index (χ2n) is 9.59. The summed E-state index contributed by atoms with van der Waals surface area (Å²) in [4.78, 5) is 17.2. The molecule has 168 valence electrons. The number of nitrogens with one attached hydrogen (secondary N) is 1. The van der Waals surface area contributed by atoms with Gasteiger partial charge >= 0.3 is 0 Å². The third-order valence-electron chi connectivity index (χ3n) is 7.31. The van der Waals surface area contributed by atoms with Crippen LogP contribution in [0, 0.1) is 17.8 Å². The van der Waals surface area contributed by atoms with E-state index in [1.54, 1.807) is 12.4 Å². The second kappa shape index (κ2) is 11.4. The van der Waals surface area contributed by atoms with Crippen molar-refractivity contribution in [1.82, 2.24) is 15.2 Å². The molecule has 0 unspecified atom stereocenters. The Kier molecular flexibility index (Phi) is 8.14. The smallest absolute Gasteiger partial charge is 0.137 e. The normalized spacial score (nSPS) is 23.1. The fourth-order valence-electron chi connectivity index (χ4n) is 5.35. The van der Waals surface area contributed by atoms with E-state index in [2.05, 4.69) is 15.2 Å². The van der Waals surface area contributed by atoms with E-state index < -0.39 is 0 Å². The van der Waals surface area contributed by atoms with E-state index in [-0.39, 0.29) is 0 Å². The molecule has 2 aromatic heterocycles. The summed E-state index contributed by atoms with van der Waals surface area (Å²) in [5.41, 5.74) is 1.78. The Morgan fingerprint density at radius 3 is 2.39 bits per heavy atom. The number of H-pyrrole nitrogens is 1. The number of carbonyl (C=O) groups excluding carboxylic acids is 1. The van der Waals surface area contributed by atoms with Crippen molar-refractivity contribution < 1.29 is 9.53 Å². The molecule has 2 saturated carbocycles. The Balaban J connectivity index is 1.16. The highest BCUT2D eigenvalue weighted by Gasteiger charge is 2.23. The van der Waals surface area contributed by atoms with Crippen molar-refractivity contribution in [3.63, 3.8) is 0 Å². The van der Waals surface area contributed by atoms with Gasteiger partial charge in [0, 0.05) is 18.5 Å². The van der Waals surface area contributed by atoms with Gasteiger partial charge in [-0.1, -0.05) is 44.9 Å². The van der Waals surface area contributed by atoms with Crippen LogP contribution in [0.5, 0.6) is 5.75 Å². The first-order valence-electron chi connectivity index (χ1n) is 12.4. The van der Waals surface area contributed by atoms with Crippen LogP contribution in [0.2, 0.25) is 0 Å². The van der Waals surface area contributed by atoms with Crippen LogP contribution in [0.4, 0.5) is 0 Å². The van der Waals surface area contributed by atoms with Crippen molar-refractivity contribution in [3.05, 3.63) is 30.6 Å². The molecule has 2 aliphatic rings. The standard InChI is InChI=1S/C26H37N3O2/c30-26(15-12-20-6-2-1-3-7-20)22-10-4-8-21(9-5-11-22)19-31-23-13-14-24(27-18-23)25-16-17-28-29-25/h13-14,16-18,20-22H,1-12,15,19H2,(H,28,29). The average molecular weight is 424 g/mol. The third kappa shape index (κ3) is 6.65. The van der Waals surface area contributed by atoms with Crippen molar-refractivity contribution in [1.29, 1.82) is 0 Å². The van der Waals surface area contributed by atoms with Gasteiger partial charge in [-0.15, -0.1) is 0 Å². The molecule has 0 aromatic carbocycles. The number of carbonyl (C=O) groups is 1. The number of nitrogens with zero attached hydrogens (tertiary/aromatic N) is 2. The first-order valence-corrected chi connectivity index (χ1v) is 12.4. The van der Waals surface area contributed by atoms with Crippen LogP contribution in [0.1, 0.15) is 83.5 Å². The van der Waals surface area contributed by atoms with E-state index in [4.69, 9.17) is 4.74 Å². The molecular formula is C26H37N3O2. The molecule has 1 N–H and O–H groups in total. The van der Waals surface area contributed by atoms with E-state index in [1.807, 2.05) is 18.2 Å². The molecule has 4 rings (SSSR count). The maximum atomic E-state index is 12.8. The molecule has 0 atom stereocenters. The highest BCUT2D eigenvalue weighted by molar-refractivity contribution is 5.80. The van der Waals surface area contributed by atoms with Crippen molar-refractivity contribution in [2.45, 2.75) is 83.5 Å². The van der Waals surface area contributed by atoms with Crippen LogP contribution < -0.4 is 4.74 Å². The van der Waals surface area contributed by atoms with E-state index >= 15 is 0 Å². The summed E-state index contributed by atoms with van der Waals surface area (Å²) in [6, 6.07) is 5.85. The molecule has 5 heteroatoms. The monoisotopic (exact) mass is 423 g/mol. The Morgan fingerprint density at radius 1 is 0.935 bits per heavy atom. The predicted octanol–water partition coefficient (Wildman–Crippen LogP) is 6.37. The number of ether oxygens (including phenoxy) is 1. The highest BCUT2D eigenvalue weighted by atomic mass is 16.5. The summed E-state index contributed by atoms with van der Waals surface area (Å²) in [7, 11) is 0. The molecule has 2 fully saturated rings. The molecule has 0 aliphatic heterocycles. The van der Waals surface area contributed by atoms with Crippen LogP contribution in [0.15, 0.2) is 30.6 Å². The summed E-state index contributed by atoms with van der Waals surface area (Å²) in [5, 5.41) is 6.89. The topological polar surface area (TPSA) is 67.9 Å². The molecule has 0 saturated heterocycles. The summed E-state index contributed by atoms with van der Waals surface area (Å²) in [6.45, 7) is 0.741. The van der Waals surface area contributed by atoms with E-state index in [1.165, 1.54) is 32.1 Å². The Hall–Kier alpha value is -2.17. The van der Waals surface area contributed by atoms with Crippen LogP contribution in [0.3, 0.4) is 0 Å². The van der Waals surface area contributed by atoms with Gasteiger partial charge in [-0.3, -0.25) is 14.9 Å². The minimum absolute atomic E-state index is 0.310. The Labute approximate surface area is 186 Å². The number of Topliss-reactive ketones (excluding diaryl/α,β-unsaturated/α-hetero) is 1. The molecule has 0 amide bonds. The molecular weight excluding hydrogens is 386 g/mol. The Bertz CT molecular complexity index is 771. The zero-order valence-corrected chi connectivity index (χ0v) is 18.7. The second-order valence-corrected chi connectivity index (χ2v) is 9.59. The highest BCUT2D eigenvalue weighted by Crippen LogP contribution is 2.31. The lowest BCUT2D eigenvalue weighted by atomic mass is 9.81. The molecule has 2 aliphatic carbocycles. The van der Waals surface area contributed by atoms with Gasteiger partial charge in [0.25, 0.3) is 0 Å². The predicted molar refractivity (Wildman–Crippen MR) is 123 cm³/mol. The molecule has 5 nitrogen and oxygen atoms in total. The summed E-state index contributed by atoms with van der Waals surface area (Å²) in [6.07, 6.45) is 19.1. The Morgan fingerprint density at radius 2 is 1.71 bits per heavy atom. The van der Waals surface area contributed by atoms with Crippen molar-refractivity contribution in [3.8, 4) is 17.1 Å². The first-order chi connectivity index (χ1) is 15.3. The van der Waals surface area contributed by atoms with E-state index in [0.29, 0.717) is 17.6 Å². The van der Waals surface area contributed by atoms with Gasteiger partial charge in [0.1, 0.15) is 11.5 Å². The number of hydrogen-bond acceptors (Lipinski definition) is 4. The molecule has 2 heterocycles. The lowest BCUT2D eigenvalue weighted by Crippen LogP contribution is -2.21. The molecule has 0 radical (unpaired) electrons. The fraction of sp³-hybridized carbons (Fsp3) is 0.654. The van der Waals surface area contributed by atoms with Crippen molar-refractivity contribution >= 4 is 5.78 Å². The number of pyridine rings is 1. The lowest BCUT2D eigenvalue weighted by Gasteiger charge is -2.25. The zero-order valence-electron chi connectivity index (χ0n) is 18.7. The van der Waals surface area contributed by atoms with Crippen molar-refractivity contribution in [2.75, 3.05) is 6.61 Å². The van der Waals surface area contributed by atoms with Crippen LogP contribution in [-0.4, -0.2) is 27.6 Å². The minimum atomic E-state index is 0.310. The van der Waals surface area contributed by atoms with E-state index in [9.17, 15) is 4.79 Å². The van der Waals surface area contributed by atoms with Gasteiger partial charge in [0.2, 0.25) is 0 Å². The molecule has 2 aromatic rings. The number of aromatic amines is 1. The molecule has 0 bridgehead atoms. The number of ketones is 1. The largest absolute Gasteiger partial charge is 0.492 e. The number of rotatable bonds is 8. The summed E-state index contributed by atoms with van der Waals surface area (Å²) in [5.74, 6) is 3.07. The summed E-state index contributed by atoms with van der Waals surface area (Å²) >= 11 is 0. The summed E-state index contributed by atoms with van der Waals surface area (Å²) < 4.78 is 6.04. The quantitative estimate of drug-likeness (QED) is 0.536. The van der Waals surface area contributed by atoms with Gasteiger partial charge in [-0.05, 0) is 62.1 Å². The van der Waals surface area contributed by atoms with E-state index in [0.717, 1.165) is 81.0 Å². The van der Waals surface area contributed by atoms with Gasteiger partial charge in [-0.25, -0.2) is 0 Å². The van der Waals surface area contributed by atoms with Gasteiger partial charge in [0.05, 0.1) is 24.2 Å². The SMILES string of the molecule is O=C(CCC1CCCCC1)C1CCCC(COc2ccc(-c3ccn[nH]3)nc2)CCC1. The van der Waals surface area contributed by atoms with Gasteiger partial charge in [-0.2, -0.15) is 5.10 Å². The molecule has 31 heavy (non-hydrogen) atoms. The maximum Gasteiger partial charge on any atom is 0.137 e. The average Bonchev–Trinajstić information content (AvgIpc) is 3.33. The number of aromatic nitrogens is 3. The van der Waals surface area contributed by atoms with Crippen LogP contribution in [-0.2, 0) is 4.79 Å². The maximum absolute atomic E-state index is 12.8. The van der Waals surface area contributed by atoms with Crippen LogP contribution >= 0.6 is 0 Å². The van der Waals surface area contributed by atoms with Gasteiger partial charge in [0.15, 0.2) is 0 Å². The number of hydrogen-bond donors (Lipinski definition) is 1. The molecule has 0 spiro atoms. The van der Waals surface area contributed by atoms with Gasteiger partial charge < -0.3 is 4.74 Å². The third-order valence-corrected chi connectivity index (χ3v) is 7.31. The first kappa shape index (κ1) is 22.0. The van der Waals surface area contributed by atoms with Crippen LogP contribution in [0.25, 0.3) is 11.4 Å². The minimum Gasteiger partial charge on any atom is -0.492 e. The zero-order chi connectivity index (χ0) is 21.3. The van der Waals surface area contributed by atoms with Crippen molar-refractivity contribution in [2.24, 2.45) is 17.8 Å².